The number of fused-ring (bicyclic) bond motifs is 1. The van der Waals surface area contributed by atoms with Gasteiger partial charge in [0, 0.05) is 32.3 Å². The van der Waals surface area contributed by atoms with E-state index in [4.69, 9.17) is 16.7 Å². The Balaban J connectivity index is 0.000000229. The van der Waals surface area contributed by atoms with Crippen LogP contribution in [-0.4, -0.2) is 49.2 Å². The van der Waals surface area contributed by atoms with Crippen LogP contribution >= 0.6 is 11.6 Å². The van der Waals surface area contributed by atoms with E-state index in [2.05, 4.69) is 23.3 Å². The Labute approximate surface area is 142 Å². The molecule has 0 aromatic heterocycles. The molecule has 2 aliphatic rings. The molecule has 0 atom stereocenters. The first kappa shape index (κ1) is 17.7. The molecule has 1 aliphatic carbocycles. The third-order valence-corrected chi connectivity index (χ3v) is 4.41. The fraction of sp³-hybridized carbons (Fsp3) is 0.389. The zero-order chi connectivity index (χ0) is 16.7. The Morgan fingerprint density at radius 2 is 1.96 bits per heavy atom. The van der Waals surface area contributed by atoms with Gasteiger partial charge in [-0.25, -0.2) is 4.79 Å². The summed E-state index contributed by atoms with van der Waals surface area (Å²) in [6.45, 7) is 4.74. The van der Waals surface area contributed by atoms with Gasteiger partial charge in [0.25, 0.3) is 0 Å². The summed E-state index contributed by atoms with van der Waals surface area (Å²) in [6, 6.07) is 7.94. The van der Waals surface area contributed by atoms with Crippen LogP contribution in [0.25, 0.3) is 5.03 Å². The summed E-state index contributed by atoms with van der Waals surface area (Å²) in [5.74, 6) is -0.948. The third-order valence-electron chi connectivity index (χ3n) is 3.97. The molecule has 1 aliphatic heterocycles. The van der Waals surface area contributed by atoms with Gasteiger partial charge in [0.1, 0.15) is 0 Å². The number of carboxylic acids is 1. The molecular formula is C18H23ClN2O2. The largest absolute Gasteiger partial charge is 0.478 e. The normalized spacial score (nSPS) is 18.3. The van der Waals surface area contributed by atoms with Crippen molar-refractivity contribution in [3.8, 4) is 0 Å². The van der Waals surface area contributed by atoms with Crippen LogP contribution in [0.2, 0.25) is 0 Å². The van der Waals surface area contributed by atoms with Gasteiger partial charge in [0.2, 0.25) is 0 Å². The van der Waals surface area contributed by atoms with Crippen molar-refractivity contribution in [2.24, 2.45) is 0 Å². The third kappa shape index (κ3) is 5.50. The summed E-state index contributed by atoms with van der Waals surface area (Å²) in [4.78, 5) is 12.8. The summed E-state index contributed by atoms with van der Waals surface area (Å²) in [6.07, 6.45) is 4.41. The molecule has 23 heavy (non-hydrogen) atoms. The van der Waals surface area contributed by atoms with Gasteiger partial charge in [0.05, 0.1) is 5.03 Å². The van der Waals surface area contributed by atoms with Crippen molar-refractivity contribution in [3.63, 3.8) is 0 Å². The number of aryl methyl sites for hydroxylation is 1. The van der Waals surface area contributed by atoms with Crippen LogP contribution in [-0.2, 0) is 11.2 Å². The standard InChI is InChI=1S/C13H11ClO2.C5H12N2/c14-13-10(7-8-12(15)16)6-5-9-3-1-2-4-11(9)13;1-7-4-2-6-3-5-7/h1-4,7-8H,5-6H2,(H,15,16);6H,2-5H2,1H3/b8-7+;. The van der Waals surface area contributed by atoms with Gasteiger partial charge < -0.3 is 15.3 Å². The van der Waals surface area contributed by atoms with Gasteiger partial charge in [0.15, 0.2) is 0 Å². The Morgan fingerprint density at radius 1 is 1.26 bits per heavy atom. The highest BCUT2D eigenvalue weighted by Gasteiger charge is 2.15. The average molecular weight is 335 g/mol. The molecule has 0 bridgehead atoms. The number of aliphatic carboxylic acids is 1. The van der Waals surface area contributed by atoms with E-state index in [-0.39, 0.29) is 0 Å². The lowest BCUT2D eigenvalue weighted by Crippen LogP contribution is -2.40. The van der Waals surface area contributed by atoms with Crippen molar-refractivity contribution in [2.75, 3.05) is 33.2 Å². The smallest absolute Gasteiger partial charge is 0.328 e. The minimum absolute atomic E-state index is 0.666. The van der Waals surface area contributed by atoms with E-state index in [1.165, 1.54) is 18.7 Å². The van der Waals surface area contributed by atoms with E-state index in [9.17, 15) is 4.79 Å². The van der Waals surface area contributed by atoms with Crippen LogP contribution in [0, 0.1) is 0 Å². The Morgan fingerprint density at radius 3 is 2.57 bits per heavy atom. The number of piperazine rings is 1. The lowest BCUT2D eigenvalue weighted by molar-refractivity contribution is -0.131. The second-order valence-corrected chi connectivity index (χ2v) is 6.10. The van der Waals surface area contributed by atoms with Crippen molar-refractivity contribution in [2.45, 2.75) is 12.8 Å². The highest BCUT2D eigenvalue weighted by Crippen LogP contribution is 2.34. The van der Waals surface area contributed by atoms with Crippen LogP contribution in [0.5, 0.6) is 0 Å². The summed E-state index contributed by atoms with van der Waals surface area (Å²) in [5.41, 5.74) is 3.13. The quantitative estimate of drug-likeness (QED) is 0.817. The van der Waals surface area contributed by atoms with Crippen molar-refractivity contribution in [1.82, 2.24) is 10.2 Å². The van der Waals surface area contributed by atoms with E-state index >= 15 is 0 Å². The molecule has 1 saturated heterocycles. The number of rotatable bonds is 2. The molecule has 1 fully saturated rings. The highest BCUT2D eigenvalue weighted by molar-refractivity contribution is 6.49. The fourth-order valence-corrected chi connectivity index (χ4v) is 2.95. The summed E-state index contributed by atoms with van der Waals surface area (Å²) < 4.78 is 0. The van der Waals surface area contributed by atoms with Crippen molar-refractivity contribution < 1.29 is 9.90 Å². The summed E-state index contributed by atoms with van der Waals surface area (Å²) >= 11 is 6.23. The fourth-order valence-electron chi connectivity index (χ4n) is 2.61. The van der Waals surface area contributed by atoms with Gasteiger partial charge >= 0.3 is 5.97 Å². The van der Waals surface area contributed by atoms with E-state index in [1.54, 1.807) is 6.08 Å². The highest BCUT2D eigenvalue weighted by atomic mass is 35.5. The second-order valence-electron chi connectivity index (χ2n) is 5.72. The molecule has 3 rings (SSSR count). The lowest BCUT2D eigenvalue weighted by Gasteiger charge is -2.21. The molecule has 1 heterocycles. The Bertz CT molecular complexity index is 605. The van der Waals surface area contributed by atoms with Crippen LogP contribution in [0.3, 0.4) is 0 Å². The molecular weight excluding hydrogens is 312 g/mol. The number of carboxylic acid groups (broad SMARTS) is 1. The minimum atomic E-state index is -0.948. The zero-order valence-corrected chi connectivity index (χ0v) is 14.1. The van der Waals surface area contributed by atoms with Crippen LogP contribution in [0.4, 0.5) is 0 Å². The lowest BCUT2D eigenvalue weighted by atomic mass is 9.92. The van der Waals surface area contributed by atoms with Gasteiger partial charge in [-0.05, 0) is 36.6 Å². The summed E-state index contributed by atoms with van der Waals surface area (Å²) in [7, 11) is 2.15. The van der Waals surface area contributed by atoms with Gasteiger partial charge in [-0.15, -0.1) is 0 Å². The van der Waals surface area contributed by atoms with Crippen LogP contribution in [0.15, 0.2) is 42.0 Å². The van der Waals surface area contributed by atoms with Crippen molar-refractivity contribution in [1.29, 1.82) is 0 Å². The minimum Gasteiger partial charge on any atom is -0.478 e. The molecule has 124 valence electrons. The average Bonchev–Trinajstić information content (AvgIpc) is 2.56. The number of hydrogen-bond acceptors (Lipinski definition) is 3. The topological polar surface area (TPSA) is 52.6 Å². The number of carbonyl (C=O) groups is 1. The van der Waals surface area contributed by atoms with E-state index in [1.807, 2.05) is 18.2 Å². The molecule has 4 nitrogen and oxygen atoms in total. The first-order valence-electron chi connectivity index (χ1n) is 7.85. The second kappa shape index (κ2) is 8.87. The van der Waals surface area contributed by atoms with Crippen LogP contribution in [0.1, 0.15) is 17.5 Å². The number of halogens is 1. The van der Waals surface area contributed by atoms with Crippen molar-refractivity contribution >= 4 is 22.6 Å². The Kier molecular flexibility index (Phi) is 6.84. The molecule has 0 amide bonds. The maximum atomic E-state index is 10.4. The number of nitrogens with zero attached hydrogens (tertiary/aromatic N) is 1. The number of benzene rings is 1. The van der Waals surface area contributed by atoms with E-state index in [0.717, 1.165) is 43.1 Å². The van der Waals surface area contributed by atoms with Gasteiger partial charge in [-0.3, -0.25) is 0 Å². The molecule has 0 spiro atoms. The molecule has 1 aromatic carbocycles. The monoisotopic (exact) mass is 334 g/mol. The van der Waals surface area contributed by atoms with Gasteiger partial charge in [-0.2, -0.15) is 0 Å². The SMILES string of the molecule is CN1CCNCC1.O=C(O)/C=C/C1=C(Cl)c2ccccc2CC1. The van der Waals surface area contributed by atoms with E-state index < -0.39 is 5.97 Å². The first-order chi connectivity index (χ1) is 11.1. The number of hydrogen-bond donors (Lipinski definition) is 2. The molecule has 2 N–H and O–H groups in total. The predicted octanol–water partition coefficient (Wildman–Crippen LogP) is 2.74. The number of likely N-dealkylation sites (N-methyl/N-ethyl adjacent to an activating group) is 1. The molecule has 5 heteroatoms. The zero-order valence-electron chi connectivity index (χ0n) is 13.4. The maximum Gasteiger partial charge on any atom is 0.328 e. The Hall–Kier alpha value is -1.62. The molecule has 0 radical (unpaired) electrons. The maximum absolute atomic E-state index is 10.4. The molecule has 0 unspecified atom stereocenters. The van der Waals surface area contributed by atoms with Crippen LogP contribution < -0.4 is 5.32 Å². The predicted molar refractivity (Wildman–Crippen MR) is 94.7 cm³/mol. The number of nitrogens with one attached hydrogen (secondary N) is 1. The molecule has 1 aromatic rings. The first-order valence-corrected chi connectivity index (χ1v) is 8.23. The number of allylic oxidation sites excluding steroid dienone is 2. The van der Waals surface area contributed by atoms with E-state index in [0.29, 0.717) is 5.03 Å². The molecule has 0 saturated carbocycles. The van der Waals surface area contributed by atoms with Gasteiger partial charge in [-0.1, -0.05) is 41.9 Å². The summed E-state index contributed by atoms with van der Waals surface area (Å²) in [5, 5.41) is 12.5. The van der Waals surface area contributed by atoms with Crippen molar-refractivity contribution in [3.05, 3.63) is 53.1 Å².